The molecular weight excluding hydrogens is 408 g/mol. The summed E-state index contributed by atoms with van der Waals surface area (Å²) in [4.78, 5) is 34.1. The molecule has 0 saturated carbocycles. The van der Waals surface area contributed by atoms with E-state index in [0.29, 0.717) is 0 Å². The van der Waals surface area contributed by atoms with E-state index in [0.717, 1.165) is 51.4 Å². The van der Waals surface area contributed by atoms with Crippen molar-refractivity contribution in [1.29, 1.82) is 0 Å². The maximum Gasteiger partial charge on any atom is 0.550 e. The van der Waals surface area contributed by atoms with Crippen LogP contribution in [0.2, 0.25) is 0 Å². The molecule has 0 radical (unpaired) electrons. The van der Waals surface area contributed by atoms with Gasteiger partial charge in [0.2, 0.25) is 0 Å². The average Bonchev–Trinajstić information content (AvgIpc) is 2.69. The van der Waals surface area contributed by atoms with Crippen molar-refractivity contribution in [3.05, 3.63) is 0 Å². The number of rotatable bonds is 12. The lowest BCUT2D eigenvalue weighted by Crippen LogP contribution is -2.39. The minimum Gasteiger partial charge on any atom is -0.428 e. The van der Waals surface area contributed by atoms with E-state index in [1.165, 1.54) is 0 Å². The number of hydrogen-bond donors (Lipinski definition) is 0. The summed E-state index contributed by atoms with van der Waals surface area (Å²) in [7, 11) is 0. The van der Waals surface area contributed by atoms with Crippen molar-refractivity contribution in [2.75, 3.05) is 0 Å². The first-order valence-electron chi connectivity index (χ1n) is 12.6. The van der Waals surface area contributed by atoms with Gasteiger partial charge in [-0.15, -0.1) is 0 Å². The van der Waals surface area contributed by atoms with Gasteiger partial charge >= 0.3 is 12.3 Å². The van der Waals surface area contributed by atoms with Crippen LogP contribution >= 0.6 is 0 Å². The van der Waals surface area contributed by atoms with E-state index in [1.54, 1.807) is 0 Å². The fourth-order valence-corrected chi connectivity index (χ4v) is 4.35. The minimum absolute atomic E-state index is 0.212. The Kier molecular flexibility index (Phi) is 14.0. The van der Waals surface area contributed by atoms with Crippen molar-refractivity contribution >= 4 is 12.3 Å². The number of ether oxygens (including phenoxy) is 2. The van der Waals surface area contributed by atoms with Gasteiger partial charge in [0.05, 0.1) is 0 Å². The zero-order valence-corrected chi connectivity index (χ0v) is 22.4. The van der Waals surface area contributed by atoms with Gasteiger partial charge in [-0.3, -0.25) is 0 Å². The van der Waals surface area contributed by atoms with Crippen LogP contribution in [0.25, 0.3) is 0 Å². The average molecular weight is 459 g/mol. The Hall–Kier alpha value is -1.46. The number of unbranched alkanes of at least 4 members (excludes halogenated alkanes) is 2. The third-order valence-corrected chi connectivity index (χ3v) is 6.09. The smallest absolute Gasteiger partial charge is 0.428 e. The van der Waals surface area contributed by atoms with Gasteiger partial charge in [0.15, 0.2) is 0 Å². The Morgan fingerprint density at radius 2 is 0.938 bits per heavy atom. The summed E-state index contributed by atoms with van der Waals surface area (Å²) < 4.78 is 11.2. The van der Waals surface area contributed by atoms with Gasteiger partial charge in [0.25, 0.3) is 0 Å². The second-order valence-corrected chi connectivity index (χ2v) is 11.1. The summed E-state index contributed by atoms with van der Waals surface area (Å²) in [5, 5.41) is 0. The molecule has 4 unspecified atom stereocenters. The van der Waals surface area contributed by atoms with Crippen LogP contribution in [0.3, 0.4) is 0 Å². The number of carbonyl (C=O) groups excluding carboxylic acids is 2. The van der Waals surface area contributed by atoms with E-state index in [1.807, 2.05) is 41.5 Å². The van der Waals surface area contributed by atoms with Crippen molar-refractivity contribution in [1.82, 2.24) is 0 Å². The maximum atomic E-state index is 12.3. The van der Waals surface area contributed by atoms with Gasteiger partial charge < -0.3 is 9.47 Å². The third kappa shape index (κ3) is 11.4. The van der Waals surface area contributed by atoms with E-state index in [9.17, 15) is 9.59 Å². The second-order valence-electron chi connectivity index (χ2n) is 11.1. The van der Waals surface area contributed by atoms with E-state index in [-0.39, 0.29) is 34.9 Å². The Morgan fingerprint density at radius 3 is 1.16 bits per heavy atom. The molecule has 0 fully saturated rings. The van der Waals surface area contributed by atoms with Crippen LogP contribution in [0, 0.1) is 22.7 Å². The first kappa shape index (κ1) is 30.5. The Labute approximate surface area is 197 Å². The van der Waals surface area contributed by atoms with Crippen molar-refractivity contribution in [2.45, 2.75) is 133 Å². The molecule has 0 heterocycles. The van der Waals surface area contributed by atoms with Gasteiger partial charge in [-0.25, -0.2) is 0 Å². The van der Waals surface area contributed by atoms with Crippen molar-refractivity contribution in [3.8, 4) is 0 Å². The molecule has 0 spiro atoms. The van der Waals surface area contributed by atoms with Crippen LogP contribution in [0.4, 0.5) is 9.59 Å². The highest BCUT2D eigenvalue weighted by Crippen LogP contribution is 2.34. The van der Waals surface area contributed by atoms with Crippen LogP contribution in [0.15, 0.2) is 0 Å². The second kappa shape index (κ2) is 14.6. The summed E-state index contributed by atoms with van der Waals surface area (Å²) in [5.41, 5.74) is -0.530. The minimum atomic E-state index is -1.01. The van der Waals surface area contributed by atoms with E-state index < -0.39 is 12.3 Å². The lowest BCUT2D eigenvalue weighted by Gasteiger charge is -2.36. The normalized spacial score (nSPS) is 15.9. The molecule has 0 amide bonds. The zero-order chi connectivity index (χ0) is 24.9. The van der Waals surface area contributed by atoms with Crippen molar-refractivity contribution in [3.63, 3.8) is 0 Å². The summed E-state index contributed by atoms with van der Waals surface area (Å²) in [5.74, 6) is 0.423. The maximum absolute atomic E-state index is 12.3. The lowest BCUT2D eigenvalue weighted by molar-refractivity contribution is -0.235. The molecule has 0 rings (SSSR count). The van der Waals surface area contributed by atoms with Gasteiger partial charge in [0.1, 0.15) is 12.2 Å². The highest BCUT2D eigenvalue weighted by molar-refractivity contribution is 5.64. The Bertz CT molecular complexity index is 483. The predicted molar refractivity (Wildman–Crippen MR) is 128 cm³/mol. The Morgan fingerprint density at radius 1 is 0.625 bits per heavy atom. The van der Waals surface area contributed by atoms with Crippen molar-refractivity contribution < 1.29 is 28.8 Å². The summed E-state index contributed by atoms with van der Waals surface area (Å²) in [6.45, 7) is 20.7. The fourth-order valence-electron chi connectivity index (χ4n) is 4.35. The molecular formula is C26H50O6. The van der Waals surface area contributed by atoms with Gasteiger partial charge in [-0.05, 0) is 48.3 Å². The van der Waals surface area contributed by atoms with Gasteiger partial charge in [-0.1, -0.05) is 94.9 Å². The molecule has 0 aromatic rings. The molecule has 6 heteroatoms. The van der Waals surface area contributed by atoms with E-state index >= 15 is 0 Å². The monoisotopic (exact) mass is 458 g/mol. The van der Waals surface area contributed by atoms with Gasteiger partial charge in [-0.2, -0.15) is 19.4 Å². The molecule has 0 N–H and O–H groups in total. The topological polar surface area (TPSA) is 71.1 Å². The van der Waals surface area contributed by atoms with Crippen LogP contribution in [-0.4, -0.2) is 24.5 Å². The summed E-state index contributed by atoms with van der Waals surface area (Å²) in [6.07, 6.45) is 5.31. The largest absolute Gasteiger partial charge is 0.550 e. The van der Waals surface area contributed by atoms with Crippen LogP contribution in [0.1, 0.15) is 121 Å². The molecule has 0 saturated heterocycles. The quantitative estimate of drug-likeness (QED) is 0.166. The molecule has 0 aliphatic carbocycles. The van der Waals surface area contributed by atoms with Crippen molar-refractivity contribution in [2.24, 2.45) is 22.7 Å². The molecule has 0 bridgehead atoms. The summed E-state index contributed by atoms with van der Waals surface area (Å²) >= 11 is 0. The Balaban J connectivity index is 5.04. The van der Waals surface area contributed by atoms with E-state index in [4.69, 9.17) is 19.2 Å². The highest BCUT2D eigenvalue weighted by atomic mass is 17.3. The molecule has 0 aliphatic rings. The SMILES string of the molecule is CCCCC(CC)C(OC(=O)OOC(=O)OC(C(CC)CCCC)C(C)(C)C)C(C)(C)C. The number of hydrogen-bond acceptors (Lipinski definition) is 6. The number of carbonyl (C=O) groups is 2. The van der Waals surface area contributed by atoms with Crippen LogP contribution in [-0.2, 0) is 19.2 Å². The fraction of sp³-hybridized carbons (Fsp3) is 0.923. The molecule has 0 aliphatic heterocycles. The first-order chi connectivity index (χ1) is 14.8. The van der Waals surface area contributed by atoms with E-state index in [2.05, 4.69) is 27.7 Å². The standard InChI is InChI=1S/C26H50O6/c1-11-15-17-19(13-3)21(25(5,6)7)29-23(27)31-32-24(28)30-22(26(8,9)10)20(14-4)18-16-12-2/h19-22H,11-18H2,1-10H3. The summed E-state index contributed by atoms with van der Waals surface area (Å²) in [6, 6.07) is 0. The predicted octanol–water partition coefficient (Wildman–Crippen LogP) is 8.47. The molecule has 190 valence electrons. The molecule has 4 atom stereocenters. The third-order valence-electron chi connectivity index (χ3n) is 6.09. The zero-order valence-electron chi connectivity index (χ0n) is 22.4. The van der Waals surface area contributed by atoms with Crippen LogP contribution in [0.5, 0.6) is 0 Å². The molecule has 32 heavy (non-hydrogen) atoms. The van der Waals surface area contributed by atoms with Gasteiger partial charge in [0, 0.05) is 0 Å². The highest BCUT2D eigenvalue weighted by Gasteiger charge is 2.37. The molecule has 0 aromatic heterocycles. The molecule has 6 nitrogen and oxygen atoms in total. The van der Waals surface area contributed by atoms with Crippen LogP contribution < -0.4 is 0 Å². The first-order valence-corrected chi connectivity index (χ1v) is 12.6. The lowest BCUT2D eigenvalue weighted by atomic mass is 9.78. The molecule has 0 aromatic carbocycles.